The van der Waals surface area contributed by atoms with Gasteiger partial charge in [0.25, 0.3) is 0 Å². The molecule has 2 heteroatoms. The Hall–Kier alpha value is -2.80. The molecule has 48 heavy (non-hydrogen) atoms. The van der Waals surface area contributed by atoms with Crippen LogP contribution in [0.4, 0.5) is 0 Å². The summed E-state index contributed by atoms with van der Waals surface area (Å²) in [6.07, 6.45) is 2.31. The molecule has 0 atom stereocenters. The second-order valence-electron chi connectivity index (χ2n) is 14.5. The van der Waals surface area contributed by atoms with Crippen LogP contribution < -0.4 is 0 Å². The van der Waals surface area contributed by atoms with Gasteiger partial charge in [-0.2, -0.15) is 12.1 Å². The molecule has 0 spiro atoms. The van der Waals surface area contributed by atoms with Gasteiger partial charge in [0.1, 0.15) is 0 Å². The van der Waals surface area contributed by atoms with Crippen molar-refractivity contribution in [2.24, 2.45) is 11.8 Å². The van der Waals surface area contributed by atoms with E-state index in [1.54, 1.807) is 0 Å². The summed E-state index contributed by atoms with van der Waals surface area (Å²) in [4.78, 5) is 0. The van der Waals surface area contributed by atoms with E-state index in [1.807, 2.05) is 0 Å². The van der Waals surface area contributed by atoms with Gasteiger partial charge >= 0.3 is 26.2 Å². The third kappa shape index (κ3) is 10.1. The number of rotatable bonds is 8. The molecule has 0 saturated carbocycles. The molecule has 0 N–H and O–H groups in total. The Bertz CT molecular complexity index is 1710. The maximum absolute atomic E-state index is 2.39. The van der Waals surface area contributed by atoms with Crippen molar-refractivity contribution in [3.05, 3.63) is 131 Å². The first-order chi connectivity index (χ1) is 22.5. The van der Waals surface area contributed by atoms with Gasteiger partial charge < -0.3 is 0 Å². The zero-order valence-corrected chi connectivity index (χ0v) is 34.6. The van der Waals surface area contributed by atoms with E-state index in [0.717, 1.165) is 22.4 Å². The monoisotopic (exact) mass is 726 g/mol. The third-order valence-electron chi connectivity index (χ3n) is 8.65. The molecule has 2 radical (unpaired) electrons. The SMILES string of the molecule is CC(C)Cc1cc2c(-c3ccccc3C(C)C)cccc2[cH-]1.CC(C)Cc1cc2c(-c3ccccc3C(C)C)cccc2[cH-]1.C[Si]C.[Zr+2]. The first-order valence-electron chi connectivity index (χ1n) is 17.7. The van der Waals surface area contributed by atoms with E-state index >= 15 is 0 Å². The number of fused-ring (bicyclic) bond motifs is 2. The third-order valence-corrected chi connectivity index (χ3v) is 8.65. The minimum absolute atomic E-state index is 0. The van der Waals surface area contributed by atoms with Crippen LogP contribution in [0.15, 0.2) is 109 Å². The summed E-state index contributed by atoms with van der Waals surface area (Å²) in [6, 6.07) is 40.5. The van der Waals surface area contributed by atoms with Crippen molar-refractivity contribution >= 4 is 31.1 Å². The predicted octanol–water partition coefficient (Wildman–Crippen LogP) is 13.9. The van der Waals surface area contributed by atoms with Gasteiger partial charge in [0.2, 0.25) is 0 Å². The van der Waals surface area contributed by atoms with Crippen molar-refractivity contribution in [2.45, 2.75) is 93.2 Å². The van der Waals surface area contributed by atoms with Gasteiger partial charge in [-0.25, -0.2) is 0 Å². The predicted molar refractivity (Wildman–Crippen MR) is 213 cm³/mol. The van der Waals surface area contributed by atoms with Crippen molar-refractivity contribution in [1.29, 1.82) is 0 Å². The van der Waals surface area contributed by atoms with Crippen LogP contribution in [-0.4, -0.2) is 9.52 Å². The van der Waals surface area contributed by atoms with Crippen LogP contribution in [-0.2, 0) is 39.0 Å². The van der Waals surface area contributed by atoms with Crippen LogP contribution in [0.25, 0.3) is 43.8 Å². The first kappa shape index (κ1) is 39.6. The fourth-order valence-corrected chi connectivity index (χ4v) is 6.73. The molecule has 0 amide bonds. The molecule has 0 heterocycles. The average molecular weight is 728 g/mol. The smallest absolute Gasteiger partial charge is 0.164 e. The molecule has 0 aliphatic rings. The van der Waals surface area contributed by atoms with Crippen LogP contribution in [0.1, 0.15) is 89.5 Å². The average Bonchev–Trinajstić information content (AvgIpc) is 3.64. The van der Waals surface area contributed by atoms with Gasteiger partial charge in [-0.3, -0.25) is 0 Å². The molecule has 0 aliphatic heterocycles. The van der Waals surface area contributed by atoms with Crippen LogP contribution in [0, 0.1) is 11.8 Å². The zero-order chi connectivity index (χ0) is 34.1. The van der Waals surface area contributed by atoms with Gasteiger partial charge in [0, 0.05) is 9.52 Å². The fraction of sp³-hybridized carbons (Fsp3) is 0.348. The van der Waals surface area contributed by atoms with E-state index in [9.17, 15) is 0 Å². The first-order valence-corrected chi connectivity index (χ1v) is 19.7. The molecule has 0 aromatic heterocycles. The summed E-state index contributed by atoms with van der Waals surface area (Å²) in [7, 11) is 1.08. The van der Waals surface area contributed by atoms with E-state index < -0.39 is 0 Å². The largest absolute Gasteiger partial charge is 2.00 e. The molecule has 6 aromatic carbocycles. The van der Waals surface area contributed by atoms with Crippen LogP contribution in [0.3, 0.4) is 0 Å². The van der Waals surface area contributed by atoms with Crippen LogP contribution >= 0.6 is 0 Å². The quantitative estimate of drug-likeness (QED) is 0.108. The molecule has 0 unspecified atom stereocenters. The Labute approximate surface area is 314 Å². The van der Waals surface area contributed by atoms with Crippen LogP contribution in [0.2, 0.25) is 13.1 Å². The van der Waals surface area contributed by atoms with Crippen LogP contribution in [0.5, 0.6) is 0 Å². The van der Waals surface area contributed by atoms with Gasteiger partial charge in [-0.1, -0.05) is 140 Å². The number of benzene rings is 4. The molecule has 6 aromatic rings. The van der Waals surface area contributed by atoms with Crippen molar-refractivity contribution in [2.75, 3.05) is 0 Å². The van der Waals surface area contributed by atoms with Gasteiger partial charge in [0.05, 0.1) is 0 Å². The molecule has 0 saturated heterocycles. The normalized spacial score (nSPS) is 11.1. The van der Waals surface area contributed by atoms with E-state index in [4.69, 9.17) is 0 Å². The fourth-order valence-electron chi connectivity index (χ4n) is 6.73. The summed E-state index contributed by atoms with van der Waals surface area (Å²) in [5, 5.41) is 5.52. The summed E-state index contributed by atoms with van der Waals surface area (Å²) in [5.41, 5.74) is 11.3. The summed E-state index contributed by atoms with van der Waals surface area (Å²) >= 11 is 0. The zero-order valence-electron chi connectivity index (χ0n) is 31.1. The second kappa shape index (κ2) is 18.8. The van der Waals surface area contributed by atoms with E-state index in [1.165, 1.54) is 66.1 Å². The topological polar surface area (TPSA) is 0 Å². The Morgan fingerprint density at radius 2 is 0.812 bits per heavy atom. The van der Waals surface area contributed by atoms with E-state index in [2.05, 4.69) is 178 Å². The van der Waals surface area contributed by atoms with Gasteiger partial charge in [0.15, 0.2) is 0 Å². The number of hydrogen-bond donors (Lipinski definition) is 0. The van der Waals surface area contributed by atoms with E-state index in [0.29, 0.717) is 23.7 Å². The summed E-state index contributed by atoms with van der Waals surface area (Å²) in [5.74, 6) is 2.47. The molecule has 0 aliphatic carbocycles. The minimum Gasteiger partial charge on any atom is -0.164 e. The molecule has 0 fully saturated rings. The molecular formula is C46H56SiZr. The van der Waals surface area contributed by atoms with Crippen molar-refractivity contribution < 1.29 is 26.2 Å². The van der Waals surface area contributed by atoms with Crippen molar-refractivity contribution in [3.63, 3.8) is 0 Å². The summed E-state index contributed by atoms with van der Waals surface area (Å²) in [6.45, 7) is 22.5. The maximum Gasteiger partial charge on any atom is 2.00 e. The molecule has 248 valence electrons. The minimum atomic E-state index is 0. The van der Waals surface area contributed by atoms with Gasteiger partial charge in [-0.15, -0.1) is 69.1 Å². The Balaban J connectivity index is 0.000000236. The van der Waals surface area contributed by atoms with E-state index in [-0.39, 0.29) is 26.2 Å². The molecule has 0 bridgehead atoms. The van der Waals surface area contributed by atoms with Gasteiger partial charge in [-0.05, 0) is 58.8 Å². The Morgan fingerprint density at radius 1 is 0.479 bits per heavy atom. The maximum atomic E-state index is 2.39. The Morgan fingerprint density at radius 3 is 1.15 bits per heavy atom. The van der Waals surface area contributed by atoms with Crippen molar-refractivity contribution in [3.8, 4) is 22.3 Å². The summed E-state index contributed by atoms with van der Waals surface area (Å²) < 4.78 is 0. The number of hydrogen-bond acceptors (Lipinski definition) is 0. The Kier molecular flexibility index (Phi) is 15.5. The molecule has 6 rings (SSSR count). The second-order valence-corrected chi connectivity index (χ2v) is 15.5. The molecule has 0 nitrogen and oxygen atoms in total. The molecular weight excluding hydrogens is 672 g/mol. The standard InChI is InChI=1S/2C22H25.C2H6Si.Zr/c2*1-15(2)12-17-13-18-8-7-11-21(22(18)14-17)20-10-6-5-9-19(20)16(3)4;1-3-2;/h2*5-11,13-16H,12H2,1-4H3;1-2H3;/q2*-1;;+2. The van der Waals surface area contributed by atoms with Crippen molar-refractivity contribution in [1.82, 2.24) is 0 Å².